The van der Waals surface area contributed by atoms with Gasteiger partial charge in [-0.2, -0.15) is 0 Å². The van der Waals surface area contributed by atoms with E-state index in [4.69, 9.17) is 4.42 Å². The molecule has 0 unspecified atom stereocenters. The van der Waals surface area contributed by atoms with Crippen LogP contribution in [0, 0.1) is 11.8 Å². The van der Waals surface area contributed by atoms with Gasteiger partial charge in [0, 0.05) is 31.4 Å². The molecule has 0 spiro atoms. The van der Waals surface area contributed by atoms with E-state index in [9.17, 15) is 9.59 Å². The molecule has 1 saturated heterocycles. The molecule has 2 heterocycles. The Morgan fingerprint density at radius 3 is 2.65 bits per heavy atom. The van der Waals surface area contributed by atoms with Gasteiger partial charge < -0.3 is 14.2 Å². The molecule has 1 aromatic carbocycles. The van der Waals surface area contributed by atoms with Gasteiger partial charge in [0.25, 0.3) is 0 Å². The second-order valence-electron chi connectivity index (χ2n) is 7.59. The highest BCUT2D eigenvalue weighted by Gasteiger charge is 2.33. The molecule has 140 valence electrons. The van der Waals surface area contributed by atoms with Crippen LogP contribution < -0.4 is 0 Å². The van der Waals surface area contributed by atoms with Gasteiger partial charge in [-0.05, 0) is 31.9 Å². The molecule has 0 saturated carbocycles. The number of rotatable bonds is 4. The number of carbonyl (C=O) groups excluding carboxylic acids is 2. The average molecular weight is 356 g/mol. The summed E-state index contributed by atoms with van der Waals surface area (Å²) >= 11 is 0. The zero-order valence-electron chi connectivity index (χ0n) is 16.1. The van der Waals surface area contributed by atoms with E-state index < -0.39 is 0 Å². The second-order valence-corrected chi connectivity index (χ2v) is 7.59. The number of benzene rings is 1. The third-order valence-corrected chi connectivity index (χ3v) is 5.36. The lowest BCUT2D eigenvalue weighted by Crippen LogP contribution is -2.47. The summed E-state index contributed by atoms with van der Waals surface area (Å²) in [5.41, 5.74) is 0.835. The minimum atomic E-state index is -0.147. The van der Waals surface area contributed by atoms with E-state index in [2.05, 4.69) is 0 Å². The van der Waals surface area contributed by atoms with E-state index in [0.29, 0.717) is 6.54 Å². The monoisotopic (exact) mass is 356 g/mol. The van der Waals surface area contributed by atoms with E-state index in [0.717, 1.165) is 36.1 Å². The number of fused-ring (bicyclic) bond motifs is 1. The van der Waals surface area contributed by atoms with Crippen molar-refractivity contribution < 1.29 is 14.0 Å². The first kappa shape index (κ1) is 18.5. The molecule has 2 aromatic rings. The molecule has 0 aliphatic carbocycles. The molecule has 3 rings (SSSR count). The largest absolute Gasteiger partial charge is 0.459 e. The van der Waals surface area contributed by atoms with Crippen molar-refractivity contribution in [2.75, 3.05) is 20.1 Å². The van der Waals surface area contributed by atoms with Gasteiger partial charge in [-0.25, -0.2) is 0 Å². The van der Waals surface area contributed by atoms with Crippen molar-refractivity contribution in [2.45, 2.75) is 39.7 Å². The van der Waals surface area contributed by atoms with Crippen molar-refractivity contribution in [3.8, 4) is 0 Å². The molecule has 1 aromatic heterocycles. The lowest BCUT2D eigenvalue weighted by atomic mass is 9.95. The normalized spacial score (nSPS) is 19.0. The highest BCUT2D eigenvalue weighted by Crippen LogP contribution is 2.29. The summed E-state index contributed by atoms with van der Waals surface area (Å²) in [5, 5.41) is 1.04. The van der Waals surface area contributed by atoms with Crippen molar-refractivity contribution in [1.82, 2.24) is 9.80 Å². The Bertz CT molecular complexity index is 762. The molecule has 0 bridgehead atoms. The van der Waals surface area contributed by atoms with Gasteiger partial charge in [0.15, 0.2) is 0 Å². The Labute approximate surface area is 154 Å². The van der Waals surface area contributed by atoms with E-state index in [1.165, 1.54) is 0 Å². The average Bonchev–Trinajstić information content (AvgIpc) is 3.09. The van der Waals surface area contributed by atoms with Crippen molar-refractivity contribution in [3.05, 3.63) is 36.1 Å². The fourth-order valence-electron chi connectivity index (χ4n) is 3.62. The van der Waals surface area contributed by atoms with Crippen LogP contribution in [0.15, 0.2) is 34.7 Å². The highest BCUT2D eigenvalue weighted by molar-refractivity contribution is 5.82. The lowest BCUT2D eigenvalue weighted by molar-refractivity contribution is -0.142. The minimum Gasteiger partial charge on any atom is -0.459 e. The number of nitrogens with zero attached hydrogens (tertiary/aromatic N) is 2. The Morgan fingerprint density at radius 1 is 1.23 bits per heavy atom. The first-order valence-electron chi connectivity index (χ1n) is 9.42. The third-order valence-electron chi connectivity index (χ3n) is 5.36. The zero-order chi connectivity index (χ0) is 18.8. The third kappa shape index (κ3) is 3.62. The Hall–Kier alpha value is -2.30. The van der Waals surface area contributed by atoms with Crippen LogP contribution in [0.4, 0.5) is 0 Å². The summed E-state index contributed by atoms with van der Waals surface area (Å²) in [6.07, 6.45) is 1.71. The number of likely N-dealkylation sites (tertiary alicyclic amines) is 1. The number of hydrogen-bond acceptors (Lipinski definition) is 3. The van der Waals surface area contributed by atoms with Gasteiger partial charge in [-0.3, -0.25) is 9.59 Å². The van der Waals surface area contributed by atoms with Crippen LogP contribution in [-0.4, -0.2) is 41.8 Å². The van der Waals surface area contributed by atoms with E-state index in [1.807, 2.05) is 63.1 Å². The molecule has 1 aliphatic heterocycles. The molecule has 5 heteroatoms. The smallest absolute Gasteiger partial charge is 0.227 e. The molecule has 2 amide bonds. The van der Waals surface area contributed by atoms with Crippen LogP contribution in [-0.2, 0) is 9.59 Å². The number of furan rings is 1. The first-order valence-corrected chi connectivity index (χ1v) is 9.42. The first-order chi connectivity index (χ1) is 12.4. The van der Waals surface area contributed by atoms with E-state index in [-0.39, 0.29) is 29.7 Å². The number of para-hydroxylation sites is 1. The van der Waals surface area contributed by atoms with Crippen LogP contribution in [0.25, 0.3) is 11.0 Å². The lowest BCUT2D eigenvalue weighted by Gasteiger charge is -2.36. The van der Waals surface area contributed by atoms with E-state index >= 15 is 0 Å². The Balaban J connectivity index is 1.71. The predicted molar refractivity (Wildman–Crippen MR) is 102 cm³/mol. The van der Waals surface area contributed by atoms with Gasteiger partial charge in [0.1, 0.15) is 11.3 Å². The van der Waals surface area contributed by atoms with Gasteiger partial charge in [-0.15, -0.1) is 0 Å². The maximum Gasteiger partial charge on any atom is 0.227 e. The van der Waals surface area contributed by atoms with E-state index in [1.54, 1.807) is 4.90 Å². The Morgan fingerprint density at radius 2 is 1.96 bits per heavy atom. The minimum absolute atomic E-state index is 0.0314. The van der Waals surface area contributed by atoms with Crippen LogP contribution >= 0.6 is 0 Å². The van der Waals surface area contributed by atoms with Crippen LogP contribution in [0.2, 0.25) is 0 Å². The maximum absolute atomic E-state index is 13.0. The number of amides is 2. The summed E-state index contributed by atoms with van der Waals surface area (Å²) in [6.45, 7) is 7.07. The summed E-state index contributed by atoms with van der Waals surface area (Å²) in [4.78, 5) is 28.9. The zero-order valence-corrected chi connectivity index (χ0v) is 16.1. The molecule has 2 atom stereocenters. The Kier molecular flexibility index (Phi) is 5.35. The predicted octanol–water partition coefficient (Wildman–Crippen LogP) is 3.85. The van der Waals surface area contributed by atoms with Crippen molar-refractivity contribution in [1.29, 1.82) is 0 Å². The fourth-order valence-corrected chi connectivity index (χ4v) is 3.62. The standard InChI is InChI=1S/C21H28N2O3/c1-14(2)20(24)23-11-7-9-17(13-23)21(25)22(4)15(3)19-12-16-8-5-6-10-18(16)26-19/h5-6,8,10,12,14-15,17H,7,9,11,13H2,1-4H3/t15-,17+/m0/s1. The highest BCUT2D eigenvalue weighted by atomic mass is 16.3. The van der Waals surface area contributed by atoms with Gasteiger partial charge in [0.05, 0.1) is 12.0 Å². The molecule has 5 nitrogen and oxygen atoms in total. The van der Waals surface area contributed by atoms with Crippen LogP contribution in [0.5, 0.6) is 0 Å². The van der Waals surface area contributed by atoms with Gasteiger partial charge in [-0.1, -0.05) is 32.0 Å². The van der Waals surface area contributed by atoms with Crippen molar-refractivity contribution >= 4 is 22.8 Å². The molecular weight excluding hydrogens is 328 g/mol. The molecule has 26 heavy (non-hydrogen) atoms. The number of carbonyl (C=O) groups is 2. The van der Waals surface area contributed by atoms with Crippen molar-refractivity contribution in [2.24, 2.45) is 11.8 Å². The topological polar surface area (TPSA) is 53.8 Å². The molecular formula is C21H28N2O3. The summed E-state index contributed by atoms with van der Waals surface area (Å²) < 4.78 is 5.92. The molecule has 0 radical (unpaired) electrons. The molecule has 0 N–H and O–H groups in total. The van der Waals surface area contributed by atoms with Gasteiger partial charge in [0.2, 0.25) is 11.8 Å². The van der Waals surface area contributed by atoms with Crippen LogP contribution in [0.1, 0.15) is 45.4 Å². The SMILES string of the molecule is CC(C)C(=O)N1CCC[C@@H](C(=O)N(C)[C@@H](C)c2cc3ccccc3o2)C1. The quantitative estimate of drug-likeness (QED) is 0.836. The summed E-state index contributed by atoms with van der Waals surface area (Å²) in [6, 6.07) is 9.71. The van der Waals surface area contributed by atoms with Crippen LogP contribution in [0.3, 0.4) is 0 Å². The summed E-state index contributed by atoms with van der Waals surface area (Å²) in [7, 11) is 1.82. The van der Waals surface area contributed by atoms with Crippen molar-refractivity contribution in [3.63, 3.8) is 0 Å². The molecule has 1 aliphatic rings. The maximum atomic E-state index is 13.0. The van der Waals surface area contributed by atoms with Gasteiger partial charge >= 0.3 is 0 Å². The number of hydrogen-bond donors (Lipinski definition) is 0. The molecule has 1 fully saturated rings. The second kappa shape index (κ2) is 7.52. The summed E-state index contributed by atoms with van der Waals surface area (Å²) in [5.74, 6) is 0.835. The number of piperidine rings is 1. The fraction of sp³-hybridized carbons (Fsp3) is 0.524.